The Hall–Kier alpha value is -2.49. The van der Waals surface area contributed by atoms with E-state index in [1.807, 2.05) is 30.3 Å². The Morgan fingerprint density at radius 1 is 1.00 bits per heavy atom. The van der Waals surface area contributed by atoms with Gasteiger partial charge in [-0.15, -0.1) is 0 Å². The number of aromatic nitrogens is 1. The second kappa shape index (κ2) is 6.10. The monoisotopic (exact) mass is 269 g/mol. The smallest absolute Gasteiger partial charge is 0.178 e. The Morgan fingerprint density at radius 2 is 1.55 bits per heavy atom. The molecule has 0 aliphatic rings. The molecule has 2 rings (SSSR count). The quantitative estimate of drug-likeness (QED) is 0.783. The third-order valence-electron chi connectivity index (χ3n) is 2.77. The molecule has 0 saturated carbocycles. The number of benzene rings is 1. The molecule has 0 aliphatic carbocycles. The second-order valence-corrected chi connectivity index (χ2v) is 4.46. The van der Waals surface area contributed by atoms with Gasteiger partial charge in [0, 0.05) is 26.0 Å². The molecule has 102 valence electrons. The van der Waals surface area contributed by atoms with Crippen molar-refractivity contribution in [3.05, 3.63) is 59.4 Å². The van der Waals surface area contributed by atoms with Crippen LogP contribution in [-0.2, 0) is 6.61 Å². The molecule has 0 radical (unpaired) electrons. The number of hydrogen-bond acceptors (Lipinski definition) is 4. The van der Waals surface area contributed by atoms with E-state index in [1.54, 1.807) is 12.1 Å². The van der Waals surface area contributed by atoms with E-state index in [2.05, 4.69) is 4.98 Å². The van der Waals surface area contributed by atoms with Crippen LogP contribution in [-0.4, -0.2) is 16.6 Å². The minimum atomic E-state index is -0.197. The zero-order chi connectivity index (χ0) is 14.5. The molecule has 1 aromatic carbocycles. The Bertz CT molecular complexity index is 603. The first-order valence-corrected chi connectivity index (χ1v) is 6.27. The minimum absolute atomic E-state index is 0.197. The van der Waals surface area contributed by atoms with E-state index in [0.717, 1.165) is 5.56 Å². The molecule has 0 atom stereocenters. The fourth-order valence-electron chi connectivity index (χ4n) is 1.69. The van der Waals surface area contributed by atoms with Gasteiger partial charge in [-0.25, -0.2) is 4.98 Å². The van der Waals surface area contributed by atoms with Crippen molar-refractivity contribution in [1.29, 1.82) is 0 Å². The van der Waals surface area contributed by atoms with Crippen molar-refractivity contribution in [3.8, 4) is 5.75 Å². The van der Waals surface area contributed by atoms with Gasteiger partial charge in [-0.05, 0) is 5.56 Å². The number of pyridine rings is 1. The largest absolute Gasteiger partial charge is 0.489 e. The van der Waals surface area contributed by atoms with Crippen molar-refractivity contribution in [2.24, 2.45) is 0 Å². The molecule has 2 aromatic rings. The average Bonchev–Trinajstić information content (AvgIpc) is 2.45. The molecule has 0 spiro atoms. The van der Waals surface area contributed by atoms with Gasteiger partial charge >= 0.3 is 0 Å². The first-order valence-electron chi connectivity index (χ1n) is 6.27. The zero-order valence-corrected chi connectivity index (χ0v) is 11.4. The van der Waals surface area contributed by atoms with Crippen LogP contribution in [0.1, 0.15) is 40.4 Å². The van der Waals surface area contributed by atoms with Crippen LogP contribution in [0.15, 0.2) is 42.5 Å². The predicted octanol–water partition coefficient (Wildman–Crippen LogP) is 3.07. The van der Waals surface area contributed by atoms with Gasteiger partial charge in [0.25, 0.3) is 0 Å². The van der Waals surface area contributed by atoms with Crippen LogP contribution < -0.4 is 4.74 Å². The molecule has 4 heteroatoms. The molecule has 4 nitrogen and oxygen atoms in total. The third kappa shape index (κ3) is 3.51. The maximum absolute atomic E-state index is 11.4. The van der Waals surface area contributed by atoms with E-state index >= 15 is 0 Å². The summed E-state index contributed by atoms with van der Waals surface area (Å²) in [5, 5.41) is 0. The first kappa shape index (κ1) is 13.9. The summed E-state index contributed by atoms with van der Waals surface area (Å²) in [7, 11) is 0. The van der Waals surface area contributed by atoms with Crippen LogP contribution in [0.2, 0.25) is 0 Å². The number of carbonyl (C=O) groups excluding carboxylic acids is 2. The van der Waals surface area contributed by atoms with Gasteiger partial charge < -0.3 is 4.74 Å². The summed E-state index contributed by atoms with van der Waals surface area (Å²) in [6.07, 6.45) is 0. The Kier molecular flexibility index (Phi) is 4.25. The molecule has 1 heterocycles. The van der Waals surface area contributed by atoms with Crippen molar-refractivity contribution < 1.29 is 14.3 Å². The van der Waals surface area contributed by atoms with Crippen LogP contribution in [0.4, 0.5) is 0 Å². The van der Waals surface area contributed by atoms with Crippen LogP contribution in [0.25, 0.3) is 0 Å². The molecule has 0 aliphatic heterocycles. The molecule has 20 heavy (non-hydrogen) atoms. The lowest BCUT2D eigenvalue weighted by molar-refractivity contribution is 0.100. The molecular formula is C16H15NO3. The molecule has 1 aromatic heterocycles. The Morgan fingerprint density at radius 3 is 2.05 bits per heavy atom. The van der Waals surface area contributed by atoms with Crippen LogP contribution >= 0.6 is 0 Å². The summed E-state index contributed by atoms with van der Waals surface area (Å²) >= 11 is 0. The second-order valence-electron chi connectivity index (χ2n) is 4.46. The fraction of sp³-hybridized carbons (Fsp3) is 0.188. The van der Waals surface area contributed by atoms with Gasteiger partial charge in [-0.1, -0.05) is 30.3 Å². The van der Waals surface area contributed by atoms with E-state index in [1.165, 1.54) is 13.8 Å². The number of carbonyl (C=O) groups is 2. The lowest BCUT2D eigenvalue weighted by Crippen LogP contribution is -2.06. The zero-order valence-electron chi connectivity index (χ0n) is 11.4. The van der Waals surface area contributed by atoms with E-state index in [4.69, 9.17) is 4.74 Å². The lowest BCUT2D eigenvalue weighted by atomic mass is 10.2. The maximum Gasteiger partial charge on any atom is 0.178 e. The minimum Gasteiger partial charge on any atom is -0.489 e. The van der Waals surface area contributed by atoms with E-state index in [-0.39, 0.29) is 23.0 Å². The van der Waals surface area contributed by atoms with Gasteiger partial charge in [-0.2, -0.15) is 0 Å². The van der Waals surface area contributed by atoms with Gasteiger partial charge in [0.05, 0.1) is 0 Å². The standard InChI is InChI=1S/C16H15NO3/c1-11(18)15-8-14(9-16(17-15)12(2)19)20-10-13-6-4-3-5-7-13/h3-9H,10H2,1-2H3. The molecule has 0 bridgehead atoms. The summed E-state index contributed by atoms with van der Waals surface area (Å²) in [6, 6.07) is 12.8. The van der Waals surface area contributed by atoms with E-state index < -0.39 is 0 Å². The van der Waals surface area contributed by atoms with Crippen molar-refractivity contribution in [3.63, 3.8) is 0 Å². The van der Waals surface area contributed by atoms with Crippen molar-refractivity contribution in [2.45, 2.75) is 20.5 Å². The van der Waals surface area contributed by atoms with Crippen molar-refractivity contribution in [1.82, 2.24) is 4.98 Å². The van der Waals surface area contributed by atoms with Gasteiger partial charge in [0.1, 0.15) is 23.7 Å². The summed E-state index contributed by atoms with van der Waals surface area (Å²) in [5.74, 6) is 0.0783. The average molecular weight is 269 g/mol. The number of hydrogen-bond donors (Lipinski definition) is 0. The topological polar surface area (TPSA) is 56.3 Å². The lowest BCUT2D eigenvalue weighted by Gasteiger charge is -2.08. The maximum atomic E-state index is 11.4. The molecule has 0 saturated heterocycles. The molecule has 0 unspecified atom stereocenters. The number of Topliss-reactive ketones (excluding diaryl/α,β-unsaturated/α-hetero) is 2. The molecule has 0 amide bonds. The van der Waals surface area contributed by atoms with Crippen molar-refractivity contribution in [2.75, 3.05) is 0 Å². The Labute approximate surface area is 117 Å². The van der Waals surface area contributed by atoms with E-state index in [0.29, 0.717) is 12.4 Å². The highest BCUT2D eigenvalue weighted by atomic mass is 16.5. The highest BCUT2D eigenvalue weighted by Gasteiger charge is 2.10. The van der Waals surface area contributed by atoms with Gasteiger partial charge in [0.2, 0.25) is 0 Å². The highest BCUT2D eigenvalue weighted by molar-refractivity contribution is 5.96. The first-order chi connectivity index (χ1) is 9.56. The number of nitrogens with zero attached hydrogens (tertiary/aromatic N) is 1. The fourth-order valence-corrected chi connectivity index (χ4v) is 1.69. The summed E-state index contributed by atoms with van der Waals surface area (Å²) in [6.45, 7) is 3.19. The summed E-state index contributed by atoms with van der Waals surface area (Å²) < 4.78 is 5.63. The molecule has 0 N–H and O–H groups in total. The third-order valence-corrected chi connectivity index (χ3v) is 2.77. The van der Waals surface area contributed by atoms with Gasteiger partial charge in [-0.3, -0.25) is 9.59 Å². The molecular weight excluding hydrogens is 254 g/mol. The van der Waals surface area contributed by atoms with E-state index in [9.17, 15) is 9.59 Å². The van der Waals surface area contributed by atoms with Crippen LogP contribution in [0, 0.1) is 0 Å². The number of ether oxygens (including phenoxy) is 1. The van der Waals surface area contributed by atoms with Crippen LogP contribution in [0.3, 0.4) is 0 Å². The van der Waals surface area contributed by atoms with Gasteiger partial charge in [0.15, 0.2) is 11.6 Å². The normalized spacial score (nSPS) is 10.1. The summed E-state index contributed by atoms with van der Waals surface area (Å²) in [5.41, 5.74) is 1.49. The predicted molar refractivity (Wildman–Crippen MR) is 75.0 cm³/mol. The number of ketones is 2. The van der Waals surface area contributed by atoms with Crippen LogP contribution in [0.5, 0.6) is 5.75 Å². The SMILES string of the molecule is CC(=O)c1cc(OCc2ccccc2)cc(C(C)=O)n1. The number of rotatable bonds is 5. The molecule has 0 fully saturated rings. The van der Waals surface area contributed by atoms with Crippen molar-refractivity contribution >= 4 is 11.6 Å². The highest BCUT2D eigenvalue weighted by Crippen LogP contribution is 2.17. The Balaban J connectivity index is 2.22. The summed E-state index contributed by atoms with van der Waals surface area (Å²) in [4.78, 5) is 26.8.